The molecule has 0 fully saturated rings. The molecule has 3 nitrogen and oxygen atoms in total. The van der Waals surface area contributed by atoms with E-state index < -0.39 is 0 Å². The topological polar surface area (TPSA) is 38.7 Å². The summed E-state index contributed by atoms with van der Waals surface area (Å²) in [5.41, 5.74) is 13.5. The molecule has 0 atom stereocenters. The number of hydrogen-bond acceptors (Lipinski definition) is 3. The number of hydrogen-bond donors (Lipinski definition) is 0. The second-order valence-corrected chi connectivity index (χ2v) is 14.0. The molecular weight excluding hydrogens is 619 g/mol. The van der Waals surface area contributed by atoms with Crippen LogP contribution in [0.15, 0.2) is 164 Å². The first-order valence-corrected chi connectivity index (χ1v) is 17.5. The molecule has 51 heavy (non-hydrogen) atoms. The first kappa shape index (κ1) is 29.5. The molecule has 1 aliphatic rings. The molecule has 0 aliphatic heterocycles. The number of benzene rings is 7. The third kappa shape index (κ3) is 4.62. The minimum absolute atomic E-state index is 0.126. The van der Waals surface area contributed by atoms with E-state index >= 15 is 0 Å². The highest BCUT2D eigenvalue weighted by molar-refractivity contribution is 6.06. The van der Waals surface area contributed by atoms with Crippen LogP contribution in [0.1, 0.15) is 25.0 Å². The van der Waals surface area contributed by atoms with E-state index in [1.165, 1.54) is 49.5 Å². The molecule has 0 amide bonds. The van der Waals surface area contributed by atoms with Gasteiger partial charge in [0.2, 0.25) is 0 Å². The zero-order valence-corrected chi connectivity index (χ0v) is 28.4. The van der Waals surface area contributed by atoms with Crippen LogP contribution >= 0.6 is 0 Å². The summed E-state index contributed by atoms with van der Waals surface area (Å²) < 4.78 is 0. The lowest BCUT2D eigenvalue weighted by molar-refractivity contribution is 0.666. The third-order valence-electron chi connectivity index (χ3n) is 10.7. The second-order valence-electron chi connectivity index (χ2n) is 14.0. The Balaban J connectivity index is 1.15. The van der Waals surface area contributed by atoms with Crippen molar-refractivity contribution in [1.29, 1.82) is 0 Å². The maximum absolute atomic E-state index is 5.21. The first-order chi connectivity index (χ1) is 25.0. The number of fused-ring (bicyclic) bond motifs is 7. The molecular formula is C48H33N3. The van der Waals surface area contributed by atoms with E-state index in [1.807, 2.05) is 30.5 Å². The van der Waals surface area contributed by atoms with Crippen LogP contribution in [0.5, 0.6) is 0 Å². The quantitative estimate of drug-likeness (QED) is 0.190. The maximum Gasteiger partial charge on any atom is 0.160 e. The van der Waals surface area contributed by atoms with E-state index in [9.17, 15) is 0 Å². The van der Waals surface area contributed by atoms with Gasteiger partial charge in [0, 0.05) is 33.7 Å². The average Bonchev–Trinajstić information content (AvgIpc) is 3.43. The zero-order valence-electron chi connectivity index (χ0n) is 28.4. The molecule has 0 spiro atoms. The van der Waals surface area contributed by atoms with Crippen LogP contribution in [0.4, 0.5) is 0 Å². The summed E-state index contributed by atoms with van der Waals surface area (Å²) in [6.45, 7) is 4.75. The maximum atomic E-state index is 5.21. The Hall–Kier alpha value is -6.45. The molecule has 9 aromatic rings. The molecule has 2 heterocycles. The molecule has 0 radical (unpaired) electrons. The fourth-order valence-corrected chi connectivity index (χ4v) is 8.29. The summed E-state index contributed by atoms with van der Waals surface area (Å²) in [7, 11) is 0. The van der Waals surface area contributed by atoms with Gasteiger partial charge in [-0.1, -0.05) is 153 Å². The highest BCUT2D eigenvalue weighted by atomic mass is 14.9. The van der Waals surface area contributed by atoms with Crippen LogP contribution in [0.3, 0.4) is 0 Å². The molecule has 10 rings (SSSR count). The largest absolute Gasteiger partial charge is 0.256 e. The van der Waals surface area contributed by atoms with Crippen molar-refractivity contribution in [1.82, 2.24) is 15.0 Å². The third-order valence-corrected chi connectivity index (χ3v) is 10.7. The minimum atomic E-state index is -0.126. The zero-order chi connectivity index (χ0) is 34.1. The summed E-state index contributed by atoms with van der Waals surface area (Å²) in [5.74, 6) is 0.692. The molecule has 240 valence electrons. The lowest BCUT2D eigenvalue weighted by Gasteiger charge is -2.24. The number of pyridine rings is 1. The van der Waals surface area contributed by atoms with Crippen molar-refractivity contribution in [3.8, 4) is 56.2 Å². The Morgan fingerprint density at radius 1 is 0.431 bits per heavy atom. The summed E-state index contributed by atoms with van der Waals surface area (Å²) >= 11 is 0. The molecule has 7 aromatic carbocycles. The standard InChI is InChI=1S/C48H33N3/c1-48(2)42-28-33(22-23-38(42)40-24-21-30-12-6-7-17-35(30)45(40)48)34-25-26-39(37-19-9-8-18-36(34)37)43-29-44(51-47(50-43)32-13-4-3-5-14-32)41-20-10-15-31-16-11-27-49-46(31)41/h3-29H,1-2H3. The monoisotopic (exact) mass is 651 g/mol. The van der Waals surface area contributed by atoms with Gasteiger partial charge in [-0.25, -0.2) is 9.97 Å². The first-order valence-electron chi connectivity index (χ1n) is 17.5. The van der Waals surface area contributed by atoms with Gasteiger partial charge >= 0.3 is 0 Å². The Kier molecular flexibility index (Phi) is 6.53. The van der Waals surface area contributed by atoms with Gasteiger partial charge in [0.15, 0.2) is 5.82 Å². The smallest absolute Gasteiger partial charge is 0.160 e. The van der Waals surface area contributed by atoms with Crippen molar-refractivity contribution in [3.63, 3.8) is 0 Å². The van der Waals surface area contributed by atoms with Crippen molar-refractivity contribution in [2.24, 2.45) is 0 Å². The highest BCUT2D eigenvalue weighted by Crippen LogP contribution is 2.52. The Morgan fingerprint density at radius 3 is 1.92 bits per heavy atom. The Labute approximate surface area is 297 Å². The van der Waals surface area contributed by atoms with E-state index in [-0.39, 0.29) is 5.41 Å². The fourth-order valence-electron chi connectivity index (χ4n) is 8.29. The predicted octanol–water partition coefficient (Wildman–Crippen LogP) is 12.3. The predicted molar refractivity (Wildman–Crippen MR) is 212 cm³/mol. The normalized spacial score (nSPS) is 13.1. The molecule has 0 saturated carbocycles. The van der Waals surface area contributed by atoms with Gasteiger partial charge in [-0.15, -0.1) is 0 Å². The van der Waals surface area contributed by atoms with Crippen molar-refractivity contribution < 1.29 is 0 Å². The van der Waals surface area contributed by atoms with Gasteiger partial charge in [-0.3, -0.25) is 4.98 Å². The van der Waals surface area contributed by atoms with E-state index in [4.69, 9.17) is 15.0 Å². The average molecular weight is 652 g/mol. The highest BCUT2D eigenvalue weighted by Gasteiger charge is 2.37. The number of nitrogens with zero attached hydrogens (tertiary/aromatic N) is 3. The Morgan fingerprint density at radius 2 is 1.08 bits per heavy atom. The van der Waals surface area contributed by atoms with Crippen LogP contribution < -0.4 is 0 Å². The van der Waals surface area contributed by atoms with Gasteiger partial charge in [-0.2, -0.15) is 0 Å². The number of aromatic nitrogens is 3. The molecule has 0 unspecified atom stereocenters. The SMILES string of the molecule is CC1(C)c2cc(-c3ccc(-c4cc(-c5cccc6cccnc56)nc(-c5ccccc5)n4)c4ccccc34)ccc2-c2ccc3ccccc3c21. The molecule has 0 saturated heterocycles. The van der Waals surface area contributed by atoms with E-state index in [1.54, 1.807) is 0 Å². The molecule has 1 aliphatic carbocycles. The lowest BCUT2D eigenvalue weighted by atomic mass is 9.79. The van der Waals surface area contributed by atoms with Gasteiger partial charge in [0.1, 0.15) is 0 Å². The van der Waals surface area contributed by atoms with E-state index in [2.05, 4.69) is 147 Å². The Bertz CT molecular complexity index is 2830. The molecule has 2 aromatic heterocycles. The van der Waals surface area contributed by atoms with Crippen molar-refractivity contribution >= 4 is 32.4 Å². The van der Waals surface area contributed by atoms with E-state index in [0.717, 1.165) is 44.4 Å². The van der Waals surface area contributed by atoms with Crippen molar-refractivity contribution in [2.45, 2.75) is 19.3 Å². The van der Waals surface area contributed by atoms with Gasteiger partial charge in [-0.05, 0) is 73.1 Å². The van der Waals surface area contributed by atoms with Crippen LogP contribution in [0.25, 0.3) is 88.6 Å². The molecule has 0 bridgehead atoms. The number of rotatable bonds is 4. The summed E-state index contributed by atoms with van der Waals surface area (Å²) in [4.78, 5) is 15.1. The summed E-state index contributed by atoms with van der Waals surface area (Å²) in [6.07, 6.45) is 1.85. The van der Waals surface area contributed by atoms with Gasteiger partial charge in [0.25, 0.3) is 0 Å². The van der Waals surface area contributed by atoms with Crippen LogP contribution in [-0.4, -0.2) is 15.0 Å². The number of para-hydroxylation sites is 1. The summed E-state index contributed by atoms with van der Waals surface area (Å²) in [6, 6.07) is 56.3. The van der Waals surface area contributed by atoms with Crippen molar-refractivity contribution in [3.05, 3.63) is 175 Å². The van der Waals surface area contributed by atoms with Gasteiger partial charge < -0.3 is 0 Å². The van der Waals surface area contributed by atoms with Crippen LogP contribution in [0, 0.1) is 0 Å². The van der Waals surface area contributed by atoms with Crippen molar-refractivity contribution in [2.75, 3.05) is 0 Å². The van der Waals surface area contributed by atoms with E-state index in [0.29, 0.717) is 5.82 Å². The molecule has 0 N–H and O–H groups in total. The van der Waals surface area contributed by atoms with Crippen LogP contribution in [-0.2, 0) is 5.41 Å². The second kappa shape index (κ2) is 11.3. The summed E-state index contributed by atoms with van der Waals surface area (Å²) in [5, 5.41) is 6.07. The fraction of sp³-hybridized carbons (Fsp3) is 0.0625. The molecule has 3 heteroatoms. The van der Waals surface area contributed by atoms with Crippen LogP contribution in [0.2, 0.25) is 0 Å². The minimum Gasteiger partial charge on any atom is -0.256 e. The lowest BCUT2D eigenvalue weighted by Crippen LogP contribution is -2.15. The van der Waals surface area contributed by atoms with Gasteiger partial charge in [0.05, 0.1) is 16.9 Å².